The van der Waals surface area contributed by atoms with Crippen molar-refractivity contribution < 1.29 is 4.74 Å². The summed E-state index contributed by atoms with van der Waals surface area (Å²) < 4.78 is 5.15. The lowest BCUT2D eigenvalue weighted by molar-refractivity contribution is 0.0885. The monoisotopic (exact) mass is 159 g/mol. The molecule has 1 atom stereocenters. The molecule has 11 heavy (non-hydrogen) atoms. The Balaban J connectivity index is 3.68. The van der Waals surface area contributed by atoms with Crippen molar-refractivity contribution in [2.24, 2.45) is 5.41 Å². The van der Waals surface area contributed by atoms with Gasteiger partial charge in [0.2, 0.25) is 0 Å². The average Bonchev–Trinajstić information content (AvgIpc) is 2.02. The second-order valence-electron chi connectivity index (χ2n) is 3.38. The zero-order chi connectivity index (χ0) is 8.74. The molecule has 0 aromatic carbocycles. The second kappa shape index (κ2) is 5.56. The fourth-order valence-electron chi connectivity index (χ4n) is 1.05. The molecule has 0 bridgehead atoms. The van der Waals surface area contributed by atoms with Gasteiger partial charge in [0.25, 0.3) is 0 Å². The summed E-state index contributed by atoms with van der Waals surface area (Å²) in [5, 5.41) is 3.34. The number of hydrogen-bond donors (Lipinski definition) is 1. The maximum atomic E-state index is 5.15. The molecule has 0 saturated carbocycles. The molecule has 2 nitrogen and oxygen atoms in total. The Morgan fingerprint density at radius 3 is 2.36 bits per heavy atom. The molecule has 0 saturated heterocycles. The molecular formula is C9H21NO. The molecule has 0 aliphatic carbocycles. The van der Waals surface area contributed by atoms with Crippen molar-refractivity contribution in [2.75, 3.05) is 26.8 Å². The predicted molar refractivity (Wildman–Crippen MR) is 48.8 cm³/mol. The summed E-state index contributed by atoms with van der Waals surface area (Å²) in [4.78, 5) is 0. The smallest absolute Gasteiger partial charge is 0.0528 e. The molecule has 68 valence electrons. The first-order valence-electron chi connectivity index (χ1n) is 4.38. The molecule has 0 radical (unpaired) electrons. The molecule has 1 N–H and O–H groups in total. The van der Waals surface area contributed by atoms with Crippen molar-refractivity contribution in [3.8, 4) is 0 Å². The van der Waals surface area contributed by atoms with Crippen LogP contribution in [0.5, 0.6) is 0 Å². The van der Waals surface area contributed by atoms with Crippen LogP contribution in [0, 0.1) is 5.41 Å². The SMILES string of the molecule is CCNCC(C)(CC)COC. The number of hydrogen-bond acceptors (Lipinski definition) is 2. The maximum Gasteiger partial charge on any atom is 0.0528 e. The van der Waals surface area contributed by atoms with E-state index in [1.54, 1.807) is 7.11 Å². The topological polar surface area (TPSA) is 21.3 Å². The summed E-state index contributed by atoms with van der Waals surface area (Å²) >= 11 is 0. The van der Waals surface area contributed by atoms with Gasteiger partial charge in [0.15, 0.2) is 0 Å². The van der Waals surface area contributed by atoms with Crippen molar-refractivity contribution in [2.45, 2.75) is 27.2 Å². The quantitative estimate of drug-likeness (QED) is 0.636. The van der Waals surface area contributed by atoms with E-state index < -0.39 is 0 Å². The van der Waals surface area contributed by atoms with Gasteiger partial charge in [-0.25, -0.2) is 0 Å². The van der Waals surface area contributed by atoms with Crippen LogP contribution in [-0.2, 0) is 4.74 Å². The van der Waals surface area contributed by atoms with E-state index in [0.717, 1.165) is 26.1 Å². The van der Waals surface area contributed by atoms with Gasteiger partial charge in [-0.3, -0.25) is 0 Å². The van der Waals surface area contributed by atoms with Crippen molar-refractivity contribution in [1.82, 2.24) is 5.32 Å². The largest absolute Gasteiger partial charge is 0.384 e. The van der Waals surface area contributed by atoms with Crippen LogP contribution in [-0.4, -0.2) is 26.8 Å². The van der Waals surface area contributed by atoms with Gasteiger partial charge in [-0.2, -0.15) is 0 Å². The first kappa shape index (κ1) is 10.9. The summed E-state index contributed by atoms with van der Waals surface area (Å²) in [6, 6.07) is 0. The highest BCUT2D eigenvalue weighted by Gasteiger charge is 2.20. The normalized spacial score (nSPS) is 16.4. The highest BCUT2D eigenvalue weighted by Crippen LogP contribution is 2.19. The van der Waals surface area contributed by atoms with Crippen LogP contribution in [0.2, 0.25) is 0 Å². The number of ether oxygens (including phenoxy) is 1. The van der Waals surface area contributed by atoms with Crippen molar-refractivity contribution in [3.63, 3.8) is 0 Å². The molecule has 0 amide bonds. The molecule has 0 spiro atoms. The van der Waals surface area contributed by atoms with E-state index >= 15 is 0 Å². The Bertz CT molecular complexity index is 95.6. The van der Waals surface area contributed by atoms with Gasteiger partial charge < -0.3 is 10.1 Å². The second-order valence-corrected chi connectivity index (χ2v) is 3.38. The van der Waals surface area contributed by atoms with Crippen molar-refractivity contribution in [1.29, 1.82) is 0 Å². The van der Waals surface area contributed by atoms with E-state index in [0.29, 0.717) is 5.41 Å². The third kappa shape index (κ3) is 4.38. The van der Waals surface area contributed by atoms with E-state index in [-0.39, 0.29) is 0 Å². The van der Waals surface area contributed by atoms with Crippen LogP contribution in [0.25, 0.3) is 0 Å². The minimum Gasteiger partial charge on any atom is -0.384 e. The molecule has 0 aliphatic rings. The summed E-state index contributed by atoms with van der Waals surface area (Å²) in [7, 11) is 1.76. The minimum absolute atomic E-state index is 0.310. The maximum absolute atomic E-state index is 5.15. The van der Waals surface area contributed by atoms with E-state index in [1.807, 2.05) is 0 Å². The van der Waals surface area contributed by atoms with Gasteiger partial charge in [0, 0.05) is 19.1 Å². The van der Waals surface area contributed by atoms with E-state index in [4.69, 9.17) is 4.74 Å². The van der Waals surface area contributed by atoms with Gasteiger partial charge in [-0.1, -0.05) is 20.8 Å². The van der Waals surface area contributed by atoms with Gasteiger partial charge in [-0.05, 0) is 13.0 Å². The molecule has 2 heteroatoms. The predicted octanol–water partition coefficient (Wildman–Crippen LogP) is 1.66. The van der Waals surface area contributed by atoms with Gasteiger partial charge >= 0.3 is 0 Å². The average molecular weight is 159 g/mol. The van der Waals surface area contributed by atoms with Crippen molar-refractivity contribution >= 4 is 0 Å². The molecule has 0 aliphatic heterocycles. The first-order valence-corrected chi connectivity index (χ1v) is 4.38. The number of nitrogens with one attached hydrogen (secondary N) is 1. The Kier molecular flexibility index (Phi) is 5.51. The molecular weight excluding hydrogens is 138 g/mol. The van der Waals surface area contributed by atoms with Crippen LogP contribution >= 0.6 is 0 Å². The van der Waals surface area contributed by atoms with Crippen molar-refractivity contribution in [3.05, 3.63) is 0 Å². The first-order chi connectivity index (χ1) is 5.18. The van der Waals surface area contributed by atoms with E-state index in [1.165, 1.54) is 0 Å². The van der Waals surface area contributed by atoms with Crippen LogP contribution < -0.4 is 5.32 Å². The third-order valence-electron chi connectivity index (χ3n) is 2.15. The number of rotatable bonds is 6. The van der Waals surface area contributed by atoms with Gasteiger partial charge in [0.1, 0.15) is 0 Å². The summed E-state index contributed by atoms with van der Waals surface area (Å²) in [6.07, 6.45) is 1.16. The molecule has 0 aromatic heterocycles. The van der Waals surface area contributed by atoms with Crippen LogP contribution in [0.4, 0.5) is 0 Å². The summed E-state index contributed by atoms with van der Waals surface area (Å²) in [5.74, 6) is 0. The van der Waals surface area contributed by atoms with Gasteiger partial charge in [-0.15, -0.1) is 0 Å². The number of methoxy groups -OCH3 is 1. The zero-order valence-corrected chi connectivity index (χ0v) is 8.24. The lowest BCUT2D eigenvalue weighted by Gasteiger charge is -2.27. The zero-order valence-electron chi connectivity index (χ0n) is 8.24. The fraction of sp³-hybridized carbons (Fsp3) is 1.00. The Labute approximate surface area is 70.3 Å². The Morgan fingerprint density at radius 1 is 1.36 bits per heavy atom. The van der Waals surface area contributed by atoms with E-state index in [9.17, 15) is 0 Å². The molecule has 1 unspecified atom stereocenters. The van der Waals surface area contributed by atoms with E-state index in [2.05, 4.69) is 26.1 Å². The molecule has 0 fully saturated rings. The van der Waals surface area contributed by atoms with Gasteiger partial charge in [0.05, 0.1) is 6.61 Å². The third-order valence-corrected chi connectivity index (χ3v) is 2.15. The Hall–Kier alpha value is -0.0800. The summed E-state index contributed by atoms with van der Waals surface area (Å²) in [5.41, 5.74) is 0.310. The Morgan fingerprint density at radius 2 is 2.00 bits per heavy atom. The standard InChI is InChI=1S/C9H21NO/c1-5-9(3,8-11-4)7-10-6-2/h10H,5-8H2,1-4H3. The molecule has 0 heterocycles. The van der Waals surface area contributed by atoms with Crippen LogP contribution in [0.3, 0.4) is 0 Å². The lowest BCUT2D eigenvalue weighted by atomic mass is 9.88. The highest BCUT2D eigenvalue weighted by atomic mass is 16.5. The summed E-state index contributed by atoms with van der Waals surface area (Å²) in [6.45, 7) is 9.52. The molecule has 0 rings (SSSR count). The molecule has 0 aromatic rings. The van der Waals surface area contributed by atoms with Crippen LogP contribution in [0.1, 0.15) is 27.2 Å². The minimum atomic E-state index is 0.310. The lowest BCUT2D eigenvalue weighted by Crippen LogP contribution is -2.34. The fourth-order valence-corrected chi connectivity index (χ4v) is 1.05. The highest BCUT2D eigenvalue weighted by molar-refractivity contribution is 4.74. The van der Waals surface area contributed by atoms with Crippen LogP contribution in [0.15, 0.2) is 0 Å².